The van der Waals surface area contributed by atoms with Crippen LogP contribution in [-0.2, 0) is 9.59 Å². The summed E-state index contributed by atoms with van der Waals surface area (Å²) in [7, 11) is 3.27. The van der Waals surface area contributed by atoms with Gasteiger partial charge in [-0.3, -0.25) is 14.5 Å². The van der Waals surface area contributed by atoms with Crippen molar-refractivity contribution in [1.82, 2.24) is 4.90 Å². The average molecular weight is 368 g/mol. The first-order valence-electron chi connectivity index (χ1n) is 10.6. The van der Waals surface area contributed by atoms with Crippen LogP contribution in [0.5, 0.6) is 0 Å². The standard InChI is InChI=1S/C22H41NO3/c1-4-5-6-7-8-9-10-11-12-13-14-15-16-17-18-19-20(24)21(22(25)26)23(2)3/h11-12,21H,4-10,13-19H2,1-3H3,(H,25,26)/b12-11-. The number of carbonyl (C=O) groups is 2. The Morgan fingerprint density at radius 2 is 1.27 bits per heavy atom. The lowest BCUT2D eigenvalue weighted by Gasteiger charge is -2.18. The SMILES string of the molecule is CCCCCCCC/C=C\CCCCCCCC(=O)C(C(=O)O)N(C)C. The average Bonchev–Trinajstić information content (AvgIpc) is 2.57. The second kappa shape index (κ2) is 17.3. The summed E-state index contributed by atoms with van der Waals surface area (Å²) in [5.41, 5.74) is 0. The molecule has 0 radical (unpaired) electrons. The molecule has 0 aromatic carbocycles. The number of nitrogens with zero attached hydrogens (tertiary/aromatic N) is 1. The molecule has 0 amide bonds. The summed E-state index contributed by atoms with van der Waals surface area (Å²) in [5.74, 6) is -1.23. The zero-order valence-corrected chi connectivity index (χ0v) is 17.3. The van der Waals surface area contributed by atoms with Gasteiger partial charge in [0, 0.05) is 6.42 Å². The van der Waals surface area contributed by atoms with E-state index >= 15 is 0 Å². The first kappa shape index (κ1) is 24.8. The Hall–Kier alpha value is -1.16. The minimum Gasteiger partial charge on any atom is -0.480 e. The number of carboxylic acids is 1. The van der Waals surface area contributed by atoms with Crippen molar-refractivity contribution in [2.45, 2.75) is 103 Å². The van der Waals surface area contributed by atoms with E-state index in [0.717, 1.165) is 25.7 Å². The van der Waals surface area contributed by atoms with E-state index in [1.807, 2.05) is 0 Å². The highest BCUT2D eigenvalue weighted by molar-refractivity contribution is 6.02. The highest BCUT2D eigenvalue weighted by Crippen LogP contribution is 2.11. The van der Waals surface area contributed by atoms with Crippen LogP contribution in [0.25, 0.3) is 0 Å². The lowest BCUT2D eigenvalue weighted by molar-refractivity contribution is -0.146. The number of carbonyl (C=O) groups excluding carboxylic acids is 1. The lowest BCUT2D eigenvalue weighted by Crippen LogP contribution is -2.42. The second-order valence-corrected chi connectivity index (χ2v) is 7.50. The van der Waals surface area contributed by atoms with Crippen LogP contribution in [0.1, 0.15) is 96.8 Å². The topological polar surface area (TPSA) is 57.6 Å². The molecular weight excluding hydrogens is 326 g/mol. The summed E-state index contributed by atoms with van der Waals surface area (Å²) in [6, 6.07) is -0.994. The summed E-state index contributed by atoms with van der Waals surface area (Å²) >= 11 is 0. The third-order valence-electron chi connectivity index (χ3n) is 4.74. The first-order chi connectivity index (χ1) is 12.5. The molecule has 4 nitrogen and oxygen atoms in total. The Kier molecular flexibility index (Phi) is 16.5. The first-order valence-corrected chi connectivity index (χ1v) is 10.6. The van der Waals surface area contributed by atoms with Gasteiger partial charge in [-0.1, -0.05) is 70.4 Å². The van der Waals surface area contributed by atoms with Gasteiger partial charge in [-0.05, 0) is 46.2 Å². The normalized spacial score (nSPS) is 12.8. The summed E-state index contributed by atoms with van der Waals surface area (Å²) in [6.07, 6.45) is 20.8. The van der Waals surface area contributed by atoms with Crippen LogP contribution in [0.2, 0.25) is 0 Å². The molecule has 0 aromatic rings. The maximum Gasteiger partial charge on any atom is 0.328 e. The molecule has 0 aliphatic rings. The predicted molar refractivity (Wildman–Crippen MR) is 110 cm³/mol. The van der Waals surface area contributed by atoms with E-state index in [1.54, 1.807) is 14.1 Å². The van der Waals surface area contributed by atoms with Gasteiger partial charge in [-0.25, -0.2) is 0 Å². The van der Waals surface area contributed by atoms with Gasteiger partial charge in [-0.15, -0.1) is 0 Å². The molecule has 0 aliphatic carbocycles. The molecule has 0 aromatic heterocycles. The maximum atomic E-state index is 11.9. The number of hydrogen-bond acceptors (Lipinski definition) is 3. The Bertz CT molecular complexity index is 391. The Balaban J connectivity index is 3.47. The van der Waals surface area contributed by atoms with Crippen molar-refractivity contribution in [1.29, 1.82) is 0 Å². The van der Waals surface area contributed by atoms with E-state index < -0.39 is 12.0 Å². The van der Waals surface area contributed by atoms with Crippen molar-refractivity contribution in [3.05, 3.63) is 12.2 Å². The van der Waals surface area contributed by atoms with Gasteiger partial charge < -0.3 is 5.11 Å². The number of likely N-dealkylation sites (N-methyl/N-ethyl adjacent to an activating group) is 1. The molecule has 0 spiro atoms. The Morgan fingerprint density at radius 1 is 0.808 bits per heavy atom. The van der Waals surface area contributed by atoms with Crippen LogP contribution in [0.4, 0.5) is 0 Å². The molecule has 0 rings (SSSR count). The monoisotopic (exact) mass is 367 g/mol. The summed E-state index contributed by atoms with van der Waals surface area (Å²) in [4.78, 5) is 24.5. The molecule has 1 atom stereocenters. The number of carboxylic acid groups (broad SMARTS) is 1. The van der Waals surface area contributed by atoms with E-state index in [9.17, 15) is 9.59 Å². The number of allylic oxidation sites excluding steroid dienone is 2. The van der Waals surface area contributed by atoms with Crippen molar-refractivity contribution >= 4 is 11.8 Å². The highest BCUT2D eigenvalue weighted by Gasteiger charge is 2.27. The van der Waals surface area contributed by atoms with Crippen LogP contribution in [0, 0.1) is 0 Å². The van der Waals surface area contributed by atoms with E-state index in [1.165, 1.54) is 62.7 Å². The smallest absolute Gasteiger partial charge is 0.328 e. The van der Waals surface area contributed by atoms with Gasteiger partial charge in [-0.2, -0.15) is 0 Å². The van der Waals surface area contributed by atoms with Crippen LogP contribution >= 0.6 is 0 Å². The Labute approximate surface area is 161 Å². The number of Topliss-reactive ketones (excluding diaryl/α,β-unsaturated/α-hetero) is 1. The highest BCUT2D eigenvalue weighted by atomic mass is 16.4. The van der Waals surface area contributed by atoms with Gasteiger partial charge in [0.05, 0.1) is 0 Å². The fourth-order valence-electron chi connectivity index (χ4n) is 3.15. The molecule has 0 saturated heterocycles. The van der Waals surface area contributed by atoms with Crippen molar-refractivity contribution in [3.8, 4) is 0 Å². The zero-order chi connectivity index (χ0) is 19.6. The molecular formula is C22H41NO3. The molecule has 0 bridgehead atoms. The molecule has 0 saturated carbocycles. The molecule has 0 heterocycles. The molecule has 1 N–H and O–H groups in total. The zero-order valence-electron chi connectivity index (χ0n) is 17.3. The number of unbranched alkanes of at least 4 members (excludes halogenated alkanes) is 11. The third-order valence-corrected chi connectivity index (χ3v) is 4.74. The van der Waals surface area contributed by atoms with E-state index in [-0.39, 0.29) is 5.78 Å². The number of ketones is 1. The summed E-state index contributed by atoms with van der Waals surface area (Å²) in [6.45, 7) is 2.25. The van der Waals surface area contributed by atoms with Crippen molar-refractivity contribution in [3.63, 3.8) is 0 Å². The lowest BCUT2D eigenvalue weighted by atomic mass is 10.0. The van der Waals surface area contributed by atoms with Gasteiger partial charge in [0.1, 0.15) is 0 Å². The van der Waals surface area contributed by atoms with E-state index in [2.05, 4.69) is 19.1 Å². The fourth-order valence-corrected chi connectivity index (χ4v) is 3.15. The van der Waals surface area contributed by atoms with Gasteiger partial charge in [0.2, 0.25) is 0 Å². The number of aliphatic carboxylic acids is 1. The number of rotatable bonds is 18. The second-order valence-electron chi connectivity index (χ2n) is 7.50. The maximum absolute atomic E-state index is 11.9. The van der Waals surface area contributed by atoms with Crippen LogP contribution in [0.3, 0.4) is 0 Å². The Morgan fingerprint density at radius 3 is 1.73 bits per heavy atom. The minimum absolute atomic E-state index is 0.180. The van der Waals surface area contributed by atoms with Crippen LogP contribution < -0.4 is 0 Å². The summed E-state index contributed by atoms with van der Waals surface area (Å²) < 4.78 is 0. The largest absolute Gasteiger partial charge is 0.480 e. The third kappa shape index (κ3) is 14.1. The van der Waals surface area contributed by atoms with Crippen molar-refractivity contribution in [2.75, 3.05) is 14.1 Å². The summed E-state index contributed by atoms with van der Waals surface area (Å²) in [5, 5.41) is 9.07. The van der Waals surface area contributed by atoms with Gasteiger partial charge in [0.15, 0.2) is 11.8 Å². The molecule has 0 fully saturated rings. The predicted octanol–water partition coefficient (Wildman–Crippen LogP) is 5.61. The van der Waals surface area contributed by atoms with E-state index in [4.69, 9.17) is 5.11 Å². The molecule has 4 heteroatoms. The van der Waals surface area contributed by atoms with Gasteiger partial charge in [0.25, 0.3) is 0 Å². The van der Waals surface area contributed by atoms with Gasteiger partial charge >= 0.3 is 5.97 Å². The number of hydrogen-bond donors (Lipinski definition) is 1. The minimum atomic E-state index is -1.05. The van der Waals surface area contributed by atoms with Crippen molar-refractivity contribution < 1.29 is 14.7 Å². The molecule has 1 unspecified atom stereocenters. The van der Waals surface area contributed by atoms with E-state index in [0.29, 0.717) is 6.42 Å². The molecule has 0 aliphatic heterocycles. The molecule has 26 heavy (non-hydrogen) atoms. The van der Waals surface area contributed by atoms with Crippen molar-refractivity contribution in [2.24, 2.45) is 0 Å². The van der Waals surface area contributed by atoms with Crippen LogP contribution in [-0.4, -0.2) is 41.9 Å². The van der Waals surface area contributed by atoms with Crippen LogP contribution in [0.15, 0.2) is 12.2 Å². The fraction of sp³-hybridized carbons (Fsp3) is 0.818. The molecule has 152 valence electrons. The quantitative estimate of drug-likeness (QED) is 0.194.